The third kappa shape index (κ3) is 2.84. The maximum absolute atomic E-state index is 6.50. The van der Waals surface area contributed by atoms with Crippen LogP contribution in [0.25, 0.3) is 0 Å². The van der Waals surface area contributed by atoms with E-state index in [9.17, 15) is 0 Å². The van der Waals surface area contributed by atoms with Crippen LogP contribution < -0.4 is 5.73 Å². The number of fused-ring (bicyclic) bond motifs is 1. The van der Waals surface area contributed by atoms with Gasteiger partial charge in [-0.15, -0.1) is 0 Å². The Labute approximate surface area is 118 Å². The molecule has 5 unspecified atom stereocenters. The summed E-state index contributed by atoms with van der Waals surface area (Å²) in [4.78, 5) is 5.47. The number of nitrogens with two attached hydrogens (primary N) is 1. The van der Waals surface area contributed by atoms with Crippen LogP contribution in [0, 0.1) is 11.8 Å². The second-order valence-corrected chi connectivity index (χ2v) is 7.39. The van der Waals surface area contributed by atoms with E-state index in [0.29, 0.717) is 12.1 Å². The second kappa shape index (κ2) is 5.71. The lowest BCUT2D eigenvalue weighted by atomic mass is 9.76. The van der Waals surface area contributed by atoms with Crippen LogP contribution in [-0.2, 0) is 0 Å². The maximum atomic E-state index is 6.50. The van der Waals surface area contributed by atoms with Gasteiger partial charge in [0.1, 0.15) is 0 Å². The number of nitrogens with zero attached hydrogens (tertiary/aromatic N) is 2. The Morgan fingerprint density at radius 1 is 0.947 bits per heavy atom. The van der Waals surface area contributed by atoms with Gasteiger partial charge in [0.15, 0.2) is 0 Å². The molecule has 3 nitrogen and oxygen atoms in total. The quantitative estimate of drug-likeness (QED) is 0.786. The van der Waals surface area contributed by atoms with Crippen LogP contribution in [-0.4, -0.2) is 54.1 Å². The highest BCUT2D eigenvalue weighted by Gasteiger charge is 2.39. The van der Waals surface area contributed by atoms with E-state index in [-0.39, 0.29) is 0 Å². The summed E-state index contributed by atoms with van der Waals surface area (Å²) >= 11 is 0. The summed E-state index contributed by atoms with van der Waals surface area (Å²) in [6.45, 7) is 9.92. The van der Waals surface area contributed by atoms with E-state index in [1.165, 1.54) is 58.3 Å². The van der Waals surface area contributed by atoms with Gasteiger partial charge in [-0.3, -0.25) is 9.80 Å². The van der Waals surface area contributed by atoms with E-state index >= 15 is 0 Å². The lowest BCUT2D eigenvalue weighted by Crippen LogP contribution is -2.63. The third-order valence-corrected chi connectivity index (χ3v) is 5.76. The fourth-order valence-electron chi connectivity index (χ4n) is 4.98. The van der Waals surface area contributed by atoms with Gasteiger partial charge in [-0.25, -0.2) is 0 Å². The van der Waals surface area contributed by atoms with E-state index < -0.39 is 0 Å². The molecule has 2 saturated heterocycles. The lowest BCUT2D eigenvalue weighted by molar-refractivity contribution is -0.00810. The first-order valence-corrected chi connectivity index (χ1v) is 8.39. The molecule has 19 heavy (non-hydrogen) atoms. The molecule has 5 atom stereocenters. The monoisotopic (exact) mass is 265 g/mol. The molecule has 3 heteroatoms. The second-order valence-electron chi connectivity index (χ2n) is 7.39. The van der Waals surface area contributed by atoms with Crippen molar-refractivity contribution >= 4 is 0 Å². The standard InChI is InChI=1S/C16H31N3/c1-12-9-13(2)16(15(17)10-12)19-8-7-18-6-4-3-5-14(18)11-19/h12-16H,3-11,17H2,1-2H3. The molecule has 2 N–H and O–H groups in total. The van der Waals surface area contributed by atoms with Gasteiger partial charge < -0.3 is 5.73 Å². The predicted octanol–water partition coefficient (Wildman–Crippen LogP) is 1.92. The Bertz CT molecular complexity index is 294. The van der Waals surface area contributed by atoms with Crippen molar-refractivity contribution in [2.45, 2.75) is 64.1 Å². The van der Waals surface area contributed by atoms with E-state index in [0.717, 1.165) is 17.9 Å². The summed E-state index contributed by atoms with van der Waals surface area (Å²) in [5.41, 5.74) is 6.50. The van der Waals surface area contributed by atoms with Crippen LogP contribution in [0.4, 0.5) is 0 Å². The normalized spacial score (nSPS) is 45.9. The van der Waals surface area contributed by atoms with Gasteiger partial charge in [-0.05, 0) is 44.1 Å². The fourth-order valence-corrected chi connectivity index (χ4v) is 4.98. The molecule has 3 rings (SSSR count). The average molecular weight is 265 g/mol. The van der Waals surface area contributed by atoms with E-state index in [4.69, 9.17) is 5.73 Å². The minimum Gasteiger partial charge on any atom is -0.326 e. The van der Waals surface area contributed by atoms with E-state index in [1.807, 2.05) is 0 Å². The van der Waals surface area contributed by atoms with Crippen LogP contribution in [0.5, 0.6) is 0 Å². The van der Waals surface area contributed by atoms with Gasteiger partial charge in [0.2, 0.25) is 0 Å². The van der Waals surface area contributed by atoms with Gasteiger partial charge >= 0.3 is 0 Å². The van der Waals surface area contributed by atoms with E-state index in [2.05, 4.69) is 23.6 Å². The van der Waals surface area contributed by atoms with Crippen molar-refractivity contribution in [3.8, 4) is 0 Å². The highest BCUT2D eigenvalue weighted by atomic mass is 15.3. The summed E-state index contributed by atoms with van der Waals surface area (Å²) in [6.07, 6.45) is 6.83. The first kappa shape index (κ1) is 13.8. The predicted molar refractivity (Wildman–Crippen MR) is 80.1 cm³/mol. The van der Waals surface area contributed by atoms with Crippen molar-refractivity contribution < 1.29 is 0 Å². The highest BCUT2D eigenvalue weighted by molar-refractivity contribution is 4.96. The summed E-state index contributed by atoms with van der Waals surface area (Å²) in [5.74, 6) is 1.59. The Morgan fingerprint density at radius 3 is 2.53 bits per heavy atom. The summed E-state index contributed by atoms with van der Waals surface area (Å²) in [5, 5.41) is 0. The minimum atomic E-state index is 0.397. The molecular weight excluding hydrogens is 234 g/mol. The molecule has 0 aromatic rings. The van der Waals surface area contributed by atoms with Crippen LogP contribution in [0.1, 0.15) is 46.0 Å². The lowest BCUT2D eigenvalue weighted by Gasteiger charge is -2.51. The zero-order chi connectivity index (χ0) is 13.4. The average Bonchev–Trinajstić information content (AvgIpc) is 2.37. The largest absolute Gasteiger partial charge is 0.326 e. The van der Waals surface area contributed by atoms with Crippen molar-refractivity contribution in [2.24, 2.45) is 17.6 Å². The van der Waals surface area contributed by atoms with E-state index in [1.54, 1.807) is 0 Å². The Hall–Kier alpha value is -0.120. The summed E-state index contributed by atoms with van der Waals surface area (Å²) < 4.78 is 0. The maximum Gasteiger partial charge on any atom is 0.0274 e. The first-order chi connectivity index (χ1) is 9.15. The molecule has 0 amide bonds. The SMILES string of the molecule is CC1CC(C)C(N2CCN3CCCCC3C2)C(N)C1. The molecule has 1 aliphatic carbocycles. The summed E-state index contributed by atoms with van der Waals surface area (Å²) in [7, 11) is 0. The molecule has 110 valence electrons. The Kier molecular flexibility index (Phi) is 4.16. The zero-order valence-electron chi connectivity index (χ0n) is 12.7. The van der Waals surface area contributed by atoms with Crippen LogP contribution in [0.15, 0.2) is 0 Å². The number of rotatable bonds is 1. The van der Waals surface area contributed by atoms with Crippen molar-refractivity contribution in [2.75, 3.05) is 26.2 Å². The minimum absolute atomic E-state index is 0.397. The van der Waals surface area contributed by atoms with Crippen LogP contribution in [0.3, 0.4) is 0 Å². The number of piperazine rings is 1. The van der Waals surface area contributed by atoms with Gasteiger partial charge in [-0.1, -0.05) is 20.3 Å². The van der Waals surface area contributed by atoms with Crippen LogP contribution in [0.2, 0.25) is 0 Å². The Morgan fingerprint density at radius 2 is 1.74 bits per heavy atom. The van der Waals surface area contributed by atoms with Gasteiger partial charge in [0, 0.05) is 37.8 Å². The van der Waals surface area contributed by atoms with Crippen molar-refractivity contribution in [1.29, 1.82) is 0 Å². The van der Waals surface area contributed by atoms with Gasteiger partial charge in [-0.2, -0.15) is 0 Å². The highest BCUT2D eigenvalue weighted by Crippen LogP contribution is 2.33. The zero-order valence-corrected chi connectivity index (χ0v) is 12.7. The molecule has 3 fully saturated rings. The van der Waals surface area contributed by atoms with Gasteiger partial charge in [0.05, 0.1) is 0 Å². The molecule has 0 aromatic heterocycles. The topological polar surface area (TPSA) is 32.5 Å². The van der Waals surface area contributed by atoms with Crippen LogP contribution >= 0.6 is 0 Å². The van der Waals surface area contributed by atoms with Crippen molar-refractivity contribution in [3.63, 3.8) is 0 Å². The smallest absolute Gasteiger partial charge is 0.0274 e. The molecule has 0 aromatic carbocycles. The van der Waals surface area contributed by atoms with Gasteiger partial charge in [0.25, 0.3) is 0 Å². The summed E-state index contributed by atoms with van der Waals surface area (Å²) in [6, 6.07) is 1.86. The fraction of sp³-hybridized carbons (Fsp3) is 1.00. The van der Waals surface area contributed by atoms with Crippen molar-refractivity contribution in [1.82, 2.24) is 9.80 Å². The Balaban J connectivity index is 1.65. The molecular formula is C16H31N3. The number of piperidine rings is 1. The molecule has 0 bridgehead atoms. The first-order valence-electron chi connectivity index (χ1n) is 8.39. The molecule has 1 saturated carbocycles. The molecule has 2 aliphatic heterocycles. The molecule has 0 spiro atoms. The number of hydrogen-bond acceptors (Lipinski definition) is 3. The molecule has 3 aliphatic rings. The third-order valence-electron chi connectivity index (χ3n) is 5.76. The molecule has 2 heterocycles. The van der Waals surface area contributed by atoms with Crippen molar-refractivity contribution in [3.05, 3.63) is 0 Å². The number of hydrogen-bond donors (Lipinski definition) is 1. The molecule has 0 radical (unpaired) electrons.